The third-order valence-corrected chi connectivity index (χ3v) is 8.72. The number of hydrogen-bond acceptors (Lipinski definition) is 1. The molecule has 0 unspecified atom stereocenters. The second-order valence-electron chi connectivity index (χ2n) is 11.2. The van der Waals surface area contributed by atoms with E-state index in [1.165, 1.54) is 38.2 Å². The zero-order valence-electron chi connectivity index (χ0n) is 23.1. The van der Waals surface area contributed by atoms with Gasteiger partial charge >= 0.3 is 0 Å². The Morgan fingerprint density at radius 2 is 1.05 bits per heavy atom. The normalized spacial score (nSPS) is 11.7. The van der Waals surface area contributed by atoms with Crippen molar-refractivity contribution in [2.75, 3.05) is 0 Å². The van der Waals surface area contributed by atoms with Crippen molar-refractivity contribution in [3.8, 4) is 22.3 Å². The van der Waals surface area contributed by atoms with Gasteiger partial charge in [-0.3, -0.25) is 4.40 Å². The predicted octanol–water partition coefficient (Wildman–Crippen LogP) is 11.0. The standard InChI is InChI=1S/C40H23N3/c1-41-33-17-19-34-36-23-32(16-18-35(36)40-42-37-8-4-5-9-38(37)43(40)39(34)24-33)31-15-14-29-21-28(12-13-30(29)22-31)27-11-10-25-6-2-3-7-26(25)20-27/h2-24H. The highest BCUT2D eigenvalue weighted by molar-refractivity contribution is 6.15. The van der Waals surface area contributed by atoms with Crippen molar-refractivity contribution >= 4 is 65.6 Å². The predicted molar refractivity (Wildman–Crippen MR) is 180 cm³/mol. The Bertz CT molecular complexity index is 2640. The number of fused-ring (bicyclic) bond motifs is 10. The second-order valence-corrected chi connectivity index (χ2v) is 11.2. The molecule has 0 saturated heterocycles. The van der Waals surface area contributed by atoms with Crippen LogP contribution in [0.3, 0.4) is 0 Å². The van der Waals surface area contributed by atoms with E-state index in [4.69, 9.17) is 11.6 Å². The first-order chi connectivity index (χ1) is 21.2. The van der Waals surface area contributed by atoms with E-state index in [1.54, 1.807) is 0 Å². The van der Waals surface area contributed by atoms with Gasteiger partial charge in [-0.15, -0.1) is 0 Å². The molecule has 0 radical (unpaired) electrons. The van der Waals surface area contributed by atoms with Gasteiger partial charge in [0, 0.05) is 16.3 Å². The van der Waals surface area contributed by atoms with Gasteiger partial charge in [-0.1, -0.05) is 91.0 Å². The van der Waals surface area contributed by atoms with Gasteiger partial charge in [-0.05, 0) is 97.7 Å². The molecule has 0 N–H and O–H groups in total. The molecule has 0 aliphatic carbocycles. The lowest BCUT2D eigenvalue weighted by Crippen LogP contribution is -1.92. The van der Waals surface area contributed by atoms with E-state index >= 15 is 0 Å². The van der Waals surface area contributed by atoms with Crippen molar-refractivity contribution in [3.63, 3.8) is 0 Å². The van der Waals surface area contributed by atoms with Crippen molar-refractivity contribution < 1.29 is 0 Å². The number of hydrogen-bond donors (Lipinski definition) is 0. The maximum atomic E-state index is 7.62. The molecule has 2 aromatic heterocycles. The Morgan fingerprint density at radius 1 is 0.465 bits per heavy atom. The molecule has 0 aliphatic heterocycles. The zero-order valence-corrected chi connectivity index (χ0v) is 23.1. The van der Waals surface area contributed by atoms with Gasteiger partial charge in [-0.2, -0.15) is 0 Å². The minimum Gasteiger partial charge on any atom is -0.293 e. The van der Waals surface area contributed by atoms with Crippen LogP contribution < -0.4 is 0 Å². The summed E-state index contributed by atoms with van der Waals surface area (Å²) in [4.78, 5) is 8.75. The van der Waals surface area contributed by atoms with E-state index in [0.29, 0.717) is 5.69 Å². The van der Waals surface area contributed by atoms with Gasteiger partial charge < -0.3 is 0 Å². The van der Waals surface area contributed by atoms with Gasteiger partial charge in [-0.25, -0.2) is 9.83 Å². The van der Waals surface area contributed by atoms with E-state index in [9.17, 15) is 0 Å². The van der Waals surface area contributed by atoms with Crippen LogP contribution in [0.1, 0.15) is 0 Å². The van der Waals surface area contributed by atoms with E-state index in [-0.39, 0.29) is 0 Å². The van der Waals surface area contributed by atoms with Crippen LogP contribution in [0.4, 0.5) is 5.69 Å². The van der Waals surface area contributed by atoms with Gasteiger partial charge in [0.2, 0.25) is 0 Å². The average Bonchev–Trinajstić information content (AvgIpc) is 3.47. The summed E-state index contributed by atoms with van der Waals surface area (Å²) < 4.78 is 2.20. The highest BCUT2D eigenvalue weighted by atomic mass is 15.0. The van der Waals surface area contributed by atoms with Crippen molar-refractivity contribution in [1.29, 1.82) is 0 Å². The van der Waals surface area contributed by atoms with Crippen LogP contribution in [-0.4, -0.2) is 9.38 Å². The van der Waals surface area contributed by atoms with Crippen LogP contribution in [0.5, 0.6) is 0 Å². The molecule has 9 rings (SSSR count). The minimum atomic E-state index is 0.625. The highest BCUT2D eigenvalue weighted by Crippen LogP contribution is 2.37. The number of rotatable bonds is 2. The van der Waals surface area contributed by atoms with Crippen LogP contribution in [0.15, 0.2) is 140 Å². The molecule has 43 heavy (non-hydrogen) atoms. The maximum Gasteiger partial charge on any atom is 0.189 e. The van der Waals surface area contributed by atoms with Crippen LogP contribution in [0, 0.1) is 6.57 Å². The smallest absolute Gasteiger partial charge is 0.189 e. The lowest BCUT2D eigenvalue weighted by molar-refractivity contribution is 1.32. The van der Waals surface area contributed by atoms with Crippen molar-refractivity contribution in [3.05, 3.63) is 151 Å². The fraction of sp³-hybridized carbons (Fsp3) is 0. The number of aromatic nitrogens is 2. The molecular formula is C40H23N3. The molecule has 0 atom stereocenters. The molecule has 3 nitrogen and oxygen atoms in total. The topological polar surface area (TPSA) is 21.7 Å². The Balaban J connectivity index is 1.20. The average molecular weight is 546 g/mol. The first kappa shape index (κ1) is 23.7. The number of pyridine rings is 1. The lowest BCUT2D eigenvalue weighted by atomic mass is 9.95. The number of nitrogens with zero attached hydrogens (tertiary/aromatic N) is 3. The summed E-state index contributed by atoms with van der Waals surface area (Å²) in [5, 5.41) is 8.30. The molecule has 0 bridgehead atoms. The summed E-state index contributed by atoms with van der Waals surface area (Å²) in [5.41, 5.74) is 9.32. The Morgan fingerprint density at radius 3 is 1.79 bits per heavy atom. The number of para-hydroxylation sites is 2. The van der Waals surface area contributed by atoms with E-state index in [2.05, 4.69) is 118 Å². The monoisotopic (exact) mass is 545 g/mol. The summed E-state index contributed by atoms with van der Waals surface area (Å²) in [6.45, 7) is 7.62. The largest absolute Gasteiger partial charge is 0.293 e. The second kappa shape index (κ2) is 9.01. The highest BCUT2D eigenvalue weighted by Gasteiger charge is 2.15. The Kier molecular flexibility index (Phi) is 4.97. The molecule has 7 aromatic carbocycles. The molecule has 2 heterocycles. The fourth-order valence-electron chi connectivity index (χ4n) is 6.57. The SMILES string of the molecule is [C-]#[N+]c1ccc2c3cc(-c4ccc5cc(-c6ccc7ccccc7c6)ccc5c4)ccc3c3nc4ccccc4n3c2c1. The van der Waals surface area contributed by atoms with Crippen LogP contribution in [0.2, 0.25) is 0 Å². The molecule has 0 amide bonds. The molecule has 0 aliphatic rings. The summed E-state index contributed by atoms with van der Waals surface area (Å²) >= 11 is 0. The van der Waals surface area contributed by atoms with Crippen LogP contribution in [-0.2, 0) is 0 Å². The molecule has 9 aromatic rings. The van der Waals surface area contributed by atoms with Crippen LogP contribution in [0.25, 0.3) is 87.0 Å². The third-order valence-electron chi connectivity index (χ3n) is 8.72. The van der Waals surface area contributed by atoms with E-state index in [0.717, 1.165) is 43.9 Å². The summed E-state index contributed by atoms with van der Waals surface area (Å²) in [5.74, 6) is 0. The van der Waals surface area contributed by atoms with Crippen LogP contribution >= 0.6 is 0 Å². The van der Waals surface area contributed by atoms with Gasteiger partial charge in [0.25, 0.3) is 0 Å². The van der Waals surface area contributed by atoms with Gasteiger partial charge in [0.05, 0.1) is 17.6 Å². The molecule has 0 spiro atoms. The fourth-order valence-corrected chi connectivity index (χ4v) is 6.57. The zero-order chi connectivity index (χ0) is 28.5. The Hall–Kier alpha value is -5.98. The van der Waals surface area contributed by atoms with Crippen molar-refractivity contribution in [1.82, 2.24) is 9.38 Å². The third kappa shape index (κ3) is 3.64. The summed E-state index contributed by atoms with van der Waals surface area (Å²) in [7, 11) is 0. The summed E-state index contributed by atoms with van der Waals surface area (Å²) in [6, 6.07) is 49.5. The first-order valence-electron chi connectivity index (χ1n) is 14.4. The quantitative estimate of drug-likeness (QED) is 0.156. The summed E-state index contributed by atoms with van der Waals surface area (Å²) in [6.07, 6.45) is 0. The molecular weight excluding hydrogens is 522 g/mol. The van der Waals surface area contributed by atoms with E-state index < -0.39 is 0 Å². The van der Waals surface area contributed by atoms with Gasteiger partial charge in [0.15, 0.2) is 5.69 Å². The van der Waals surface area contributed by atoms with E-state index in [1.807, 2.05) is 30.3 Å². The molecule has 3 heteroatoms. The van der Waals surface area contributed by atoms with Crippen molar-refractivity contribution in [2.24, 2.45) is 0 Å². The number of imidazole rings is 1. The molecule has 198 valence electrons. The molecule has 0 saturated carbocycles. The van der Waals surface area contributed by atoms with Gasteiger partial charge in [0.1, 0.15) is 5.65 Å². The van der Waals surface area contributed by atoms with Crippen molar-refractivity contribution in [2.45, 2.75) is 0 Å². The Labute approximate surface area is 247 Å². The molecule has 0 fully saturated rings. The maximum absolute atomic E-state index is 7.62. The minimum absolute atomic E-state index is 0.625. The first-order valence-corrected chi connectivity index (χ1v) is 14.4. The lowest BCUT2D eigenvalue weighted by Gasteiger charge is -2.12. The number of benzene rings is 7.